The van der Waals surface area contributed by atoms with Crippen LogP contribution in [0.15, 0.2) is 24.5 Å². The minimum atomic E-state index is -4.89. The van der Waals surface area contributed by atoms with Crippen LogP contribution >= 0.6 is 0 Å². The number of carbonyl (C=O) groups is 1. The van der Waals surface area contributed by atoms with Crippen LogP contribution in [-0.4, -0.2) is 44.6 Å². The average Bonchev–Trinajstić information content (AvgIpc) is 3.03. The molecule has 0 unspecified atom stereocenters. The molecule has 28 heavy (non-hydrogen) atoms. The zero-order chi connectivity index (χ0) is 21.3. The molecule has 12 heteroatoms. The molecule has 1 atom stereocenters. The van der Waals surface area contributed by atoms with E-state index in [1.54, 1.807) is 13.8 Å². The Labute approximate surface area is 155 Å². The number of aliphatic hydroxyl groups is 1. The molecule has 0 spiro atoms. The summed E-state index contributed by atoms with van der Waals surface area (Å²) in [5, 5.41) is 14.9. The van der Waals surface area contributed by atoms with Crippen LogP contribution in [0.4, 0.5) is 26.3 Å². The smallest absolute Gasteiger partial charge is 0.382 e. The van der Waals surface area contributed by atoms with Crippen LogP contribution in [-0.2, 0) is 6.18 Å². The number of pyridine rings is 1. The third-order valence-electron chi connectivity index (χ3n) is 3.72. The van der Waals surface area contributed by atoms with Crippen molar-refractivity contribution in [1.82, 2.24) is 20.1 Å². The standard InChI is InChI=1S/C16H16F6N4O2/c1-8(2)13-10(14(28)24-7-11(27)16(20,21)22)6-25-26(13)12-4-3-9(5-23-12)15(17,18)19/h3-6,8,11,27H,7H2,1-2H3,(H,24,28)/t11-/m0/s1. The van der Waals surface area contributed by atoms with Gasteiger partial charge in [-0.05, 0) is 18.1 Å². The van der Waals surface area contributed by atoms with Gasteiger partial charge in [0, 0.05) is 6.20 Å². The van der Waals surface area contributed by atoms with Gasteiger partial charge in [-0.2, -0.15) is 31.4 Å². The summed E-state index contributed by atoms with van der Waals surface area (Å²) in [5.74, 6) is -1.27. The highest BCUT2D eigenvalue weighted by Crippen LogP contribution is 2.29. The third kappa shape index (κ3) is 4.80. The summed E-state index contributed by atoms with van der Waals surface area (Å²) in [6, 6.07) is 1.87. The Bertz CT molecular complexity index is 827. The van der Waals surface area contributed by atoms with Crippen molar-refractivity contribution in [2.75, 3.05) is 6.54 Å². The van der Waals surface area contributed by atoms with Crippen LogP contribution in [0.1, 0.15) is 41.4 Å². The number of halogens is 6. The molecular formula is C16H16F6N4O2. The summed E-state index contributed by atoms with van der Waals surface area (Å²) in [7, 11) is 0. The van der Waals surface area contributed by atoms with E-state index in [0.29, 0.717) is 6.20 Å². The maximum absolute atomic E-state index is 12.7. The quantitative estimate of drug-likeness (QED) is 0.743. The van der Waals surface area contributed by atoms with Crippen LogP contribution in [0.2, 0.25) is 0 Å². The molecule has 2 aromatic heterocycles. The lowest BCUT2D eigenvalue weighted by atomic mass is 10.1. The van der Waals surface area contributed by atoms with Crippen molar-refractivity contribution < 1.29 is 36.2 Å². The molecule has 154 valence electrons. The Morgan fingerprint density at radius 1 is 1.18 bits per heavy atom. The number of aliphatic hydroxyl groups excluding tert-OH is 1. The SMILES string of the molecule is CC(C)c1c(C(=O)NC[C@H](O)C(F)(F)F)cnn1-c1ccc(C(F)(F)F)cn1. The van der Waals surface area contributed by atoms with Gasteiger partial charge < -0.3 is 10.4 Å². The van der Waals surface area contributed by atoms with Crippen molar-refractivity contribution in [2.24, 2.45) is 0 Å². The molecule has 0 saturated carbocycles. The molecule has 0 aliphatic carbocycles. The van der Waals surface area contributed by atoms with E-state index in [2.05, 4.69) is 10.1 Å². The fraction of sp³-hybridized carbons (Fsp3) is 0.438. The molecule has 0 aliphatic heterocycles. The number of rotatable bonds is 5. The van der Waals surface area contributed by atoms with Gasteiger partial charge in [0.2, 0.25) is 0 Å². The second kappa shape index (κ2) is 7.78. The molecular weight excluding hydrogens is 394 g/mol. The van der Waals surface area contributed by atoms with Gasteiger partial charge in [-0.1, -0.05) is 13.8 Å². The lowest BCUT2D eigenvalue weighted by molar-refractivity contribution is -0.201. The molecule has 2 aromatic rings. The second-order valence-electron chi connectivity index (χ2n) is 6.18. The first kappa shape index (κ1) is 21.7. The first-order chi connectivity index (χ1) is 12.8. The van der Waals surface area contributed by atoms with Crippen molar-refractivity contribution in [2.45, 2.75) is 38.2 Å². The molecule has 0 aliphatic rings. The molecule has 2 N–H and O–H groups in total. The highest BCUT2D eigenvalue weighted by molar-refractivity contribution is 5.95. The molecule has 0 saturated heterocycles. The van der Waals surface area contributed by atoms with E-state index in [4.69, 9.17) is 5.11 Å². The number of nitrogens with one attached hydrogen (secondary N) is 1. The van der Waals surface area contributed by atoms with Crippen molar-refractivity contribution in [3.63, 3.8) is 0 Å². The minimum absolute atomic E-state index is 0.00563. The highest BCUT2D eigenvalue weighted by atomic mass is 19.4. The van der Waals surface area contributed by atoms with Gasteiger partial charge in [0.25, 0.3) is 5.91 Å². The predicted molar refractivity (Wildman–Crippen MR) is 84.8 cm³/mol. The van der Waals surface area contributed by atoms with Crippen LogP contribution in [0.25, 0.3) is 5.82 Å². The maximum atomic E-state index is 12.7. The fourth-order valence-electron chi connectivity index (χ4n) is 2.35. The van der Waals surface area contributed by atoms with Crippen molar-refractivity contribution >= 4 is 5.91 Å². The number of aromatic nitrogens is 3. The Morgan fingerprint density at radius 2 is 1.82 bits per heavy atom. The number of hydrogen-bond donors (Lipinski definition) is 2. The Hall–Kier alpha value is -2.63. The number of hydrogen-bond acceptors (Lipinski definition) is 4. The average molecular weight is 410 g/mol. The van der Waals surface area contributed by atoms with E-state index in [1.165, 1.54) is 0 Å². The van der Waals surface area contributed by atoms with E-state index < -0.39 is 36.5 Å². The molecule has 2 rings (SSSR count). The zero-order valence-corrected chi connectivity index (χ0v) is 14.6. The first-order valence-electron chi connectivity index (χ1n) is 7.97. The van der Waals surface area contributed by atoms with E-state index in [0.717, 1.165) is 23.0 Å². The Kier molecular flexibility index (Phi) is 6.02. The van der Waals surface area contributed by atoms with Crippen molar-refractivity contribution in [3.05, 3.63) is 41.3 Å². The summed E-state index contributed by atoms with van der Waals surface area (Å²) >= 11 is 0. The molecule has 0 fully saturated rings. The number of alkyl halides is 6. The topological polar surface area (TPSA) is 80.0 Å². The van der Waals surface area contributed by atoms with Crippen molar-refractivity contribution in [3.8, 4) is 5.82 Å². The molecule has 2 heterocycles. The summed E-state index contributed by atoms with van der Waals surface area (Å²) in [6.07, 6.45) is -10.5. The van der Waals surface area contributed by atoms with Gasteiger partial charge in [-0.25, -0.2) is 9.67 Å². The van der Waals surface area contributed by atoms with Gasteiger partial charge in [0.15, 0.2) is 11.9 Å². The van der Waals surface area contributed by atoms with Gasteiger partial charge in [0.05, 0.1) is 29.6 Å². The summed E-state index contributed by atoms with van der Waals surface area (Å²) in [6.45, 7) is 2.28. The molecule has 1 amide bonds. The number of nitrogens with zero attached hydrogens (tertiary/aromatic N) is 3. The summed E-state index contributed by atoms with van der Waals surface area (Å²) in [5.41, 5.74) is -0.800. The summed E-state index contributed by atoms with van der Waals surface area (Å²) in [4.78, 5) is 15.9. The number of amides is 1. The number of carbonyl (C=O) groups excluding carboxylic acids is 1. The summed E-state index contributed by atoms with van der Waals surface area (Å²) < 4.78 is 76.1. The van der Waals surface area contributed by atoms with E-state index >= 15 is 0 Å². The van der Waals surface area contributed by atoms with Gasteiger partial charge >= 0.3 is 12.4 Å². The van der Waals surface area contributed by atoms with E-state index in [1.807, 2.05) is 5.32 Å². The Balaban J connectivity index is 2.30. The van der Waals surface area contributed by atoms with Crippen LogP contribution in [0, 0.1) is 0 Å². The Morgan fingerprint density at radius 3 is 2.29 bits per heavy atom. The molecule has 0 bridgehead atoms. The zero-order valence-electron chi connectivity index (χ0n) is 14.6. The molecule has 0 aromatic carbocycles. The van der Waals surface area contributed by atoms with Crippen LogP contribution < -0.4 is 5.32 Å². The van der Waals surface area contributed by atoms with Crippen LogP contribution in [0.3, 0.4) is 0 Å². The normalized spacial score (nSPS) is 13.6. The predicted octanol–water partition coefficient (Wildman–Crippen LogP) is 3.06. The second-order valence-corrected chi connectivity index (χ2v) is 6.18. The molecule has 6 nitrogen and oxygen atoms in total. The third-order valence-corrected chi connectivity index (χ3v) is 3.72. The monoisotopic (exact) mass is 410 g/mol. The van der Waals surface area contributed by atoms with Gasteiger partial charge in [0.1, 0.15) is 0 Å². The van der Waals surface area contributed by atoms with Gasteiger partial charge in [-0.3, -0.25) is 4.79 Å². The van der Waals surface area contributed by atoms with Gasteiger partial charge in [-0.15, -0.1) is 0 Å². The largest absolute Gasteiger partial charge is 0.417 e. The van der Waals surface area contributed by atoms with Crippen molar-refractivity contribution in [1.29, 1.82) is 0 Å². The first-order valence-corrected chi connectivity index (χ1v) is 7.97. The fourth-order valence-corrected chi connectivity index (χ4v) is 2.35. The highest BCUT2D eigenvalue weighted by Gasteiger charge is 2.38. The van der Waals surface area contributed by atoms with E-state index in [9.17, 15) is 31.1 Å². The molecule has 0 radical (unpaired) electrons. The van der Waals surface area contributed by atoms with Crippen LogP contribution in [0.5, 0.6) is 0 Å². The maximum Gasteiger partial charge on any atom is 0.417 e. The lowest BCUT2D eigenvalue weighted by Crippen LogP contribution is -2.40. The minimum Gasteiger partial charge on any atom is -0.382 e. The lowest BCUT2D eigenvalue weighted by Gasteiger charge is -2.16. The van der Waals surface area contributed by atoms with E-state index in [-0.39, 0.29) is 23.0 Å².